The number of benzene rings is 2. The number of halogens is 3. The molecule has 3 aromatic rings. The highest BCUT2D eigenvalue weighted by atomic mass is 19.4. The van der Waals surface area contributed by atoms with E-state index >= 15 is 0 Å². The Labute approximate surface area is 182 Å². The van der Waals surface area contributed by atoms with Gasteiger partial charge in [0.2, 0.25) is 0 Å². The molecule has 0 aliphatic heterocycles. The molecule has 0 atom stereocenters. The molecule has 1 heterocycles. The van der Waals surface area contributed by atoms with Crippen molar-refractivity contribution in [3.05, 3.63) is 112 Å². The zero-order chi connectivity index (χ0) is 23.3. The van der Waals surface area contributed by atoms with Crippen molar-refractivity contribution in [2.24, 2.45) is 0 Å². The van der Waals surface area contributed by atoms with E-state index in [1.165, 1.54) is 35.2 Å². The molecule has 0 radical (unpaired) electrons. The van der Waals surface area contributed by atoms with Crippen molar-refractivity contribution in [2.75, 3.05) is 6.54 Å². The van der Waals surface area contributed by atoms with E-state index in [0.717, 1.165) is 17.8 Å². The molecule has 0 fully saturated rings. The molecule has 9 heteroatoms. The van der Waals surface area contributed by atoms with Gasteiger partial charge in [0.15, 0.2) is 0 Å². The summed E-state index contributed by atoms with van der Waals surface area (Å²) in [6.07, 6.45) is -1.13. The maximum Gasteiger partial charge on any atom is 0.416 e. The Hall–Kier alpha value is -3.88. The average molecular weight is 443 g/mol. The van der Waals surface area contributed by atoms with Crippen LogP contribution in [-0.2, 0) is 19.3 Å². The summed E-state index contributed by atoms with van der Waals surface area (Å²) in [6.45, 7) is 4.29. The van der Waals surface area contributed by atoms with E-state index in [1.54, 1.807) is 35.0 Å². The quantitative estimate of drug-likeness (QED) is 0.270. The van der Waals surface area contributed by atoms with Crippen LogP contribution >= 0.6 is 0 Å². The number of aromatic nitrogens is 1. The fraction of sp³-hybridized carbons (Fsp3) is 0.174. The number of alkyl halides is 3. The first kappa shape index (κ1) is 22.8. The second-order valence-corrected chi connectivity index (χ2v) is 7.10. The van der Waals surface area contributed by atoms with E-state index in [1.807, 2.05) is 0 Å². The van der Waals surface area contributed by atoms with Crippen LogP contribution in [0, 0.1) is 10.1 Å². The Morgan fingerprint density at radius 2 is 1.84 bits per heavy atom. The Bertz CT molecular complexity index is 1120. The summed E-state index contributed by atoms with van der Waals surface area (Å²) in [4.78, 5) is 24.7. The number of nitro benzene ring substituents is 1. The molecule has 0 N–H and O–H groups in total. The van der Waals surface area contributed by atoms with Crippen molar-refractivity contribution >= 4 is 11.6 Å². The van der Waals surface area contributed by atoms with Gasteiger partial charge in [-0.3, -0.25) is 14.9 Å². The molecule has 32 heavy (non-hydrogen) atoms. The first-order chi connectivity index (χ1) is 15.2. The summed E-state index contributed by atoms with van der Waals surface area (Å²) < 4.78 is 40.8. The highest BCUT2D eigenvalue weighted by Gasteiger charge is 2.30. The lowest BCUT2D eigenvalue weighted by atomic mass is 10.1. The molecule has 0 aliphatic carbocycles. The molecule has 166 valence electrons. The predicted octanol–water partition coefficient (Wildman–Crippen LogP) is 5.29. The van der Waals surface area contributed by atoms with Gasteiger partial charge in [0.25, 0.3) is 11.6 Å². The zero-order valence-corrected chi connectivity index (χ0v) is 17.0. The largest absolute Gasteiger partial charge is 0.416 e. The Morgan fingerprint density at radius 1 is 1.12 bits per heavy atom. The number of nitrogens with zero attached hydrogens (tertiary/aromatic N) is 3. The van der Waals surface area contributed by atoms with Crippen molar-refractivity contribution in [1.82, 2.24) is 9.47 Å². The lowest BCUT2D eigenvalue weighted by molar-refractivity contribution is -0.384. The molecule has 0 aliphatic rings. The van der Waals surface area contributed by atoms with Crippen molar-refractivity contribution in [2.45, 2.75) is 19.3 Å². The van der Waals surface area contributed by atoms with E-state index in [2.05, 4.69) is 6.58 Å². The highest BCUT2D eigenvalue weighted by Crippen LogP contribution is 2.29. The molecule has 1 aromatic heterocycles. The minimum Gasteiger partial charge on any atom is -0.345 e. The number of nitro groups is 1. The molecular weight excluding hydrogens is 423 g/mol. The number of hydrogen-bond acceptors (Lipinski definition) is 3. The number of amides is 1. The van der Waals surface area contributed by atoms with Gasteiger partial charge in [0.05, 0.1) is 17.0 Å². The summed E-state index contributed by atoms with van der Waals surface area (Å²) in [5.41, 5.74) is 0.652. The number of carbonyl (C=O) groups excluding carboxylic acids is 1. The van der Waals surface area contributed by atoms with Gasteiger partial charge in [-0.1, -0.05) is 18.2 Å². The average Bonchev–Trinajstić information content (AvgIpc) is 3.19. The lowest BCUT2D eigenvalue weighted by Gasteiger charge is -2.22. The summed E-state index contributed by atoms with van der Waals surface area (Å²) in [6, 6.07) is 13.9. The first-order valence-electron chi connectivity index (χ1n) is 9.64. The van der Waals surface area contributed by atoms with Crippen molar-refractivity contribution in [3.63, 3.8) is 0 Å². The lowest BCUT2D eigenvalue weighted by Crippen LogP contribution is -2.31. The summed E-state index contributed by atoms with van der Waals surface area (Å²) >= 11 is 0. The van der Waals surface area contributed by atoms with Gasteiger partial charge in [0.1, 0.15) is 0 Å². The topological polar surface area (TPSA) is 68.4 Å². The summed E-state index contributed by atoms with van der Waals surface area (Å²) in [5, 5.41) is 10.8. The van der Waals surface area contributed by atoms with Crippen LogP contribution in [0.15, 0.2) is 79.5 Å². The van der Waals surface area contributed by atoms with Crippen molar-refractivity contribution in [3.8, 4) is 0 Å². The van der Waals surface area contributed by atoms with Gasteiger partial charge in [0, 0.05) is 42.7 Å². The molecule has 0 bridgehead atoms. The van der Waals surface area contributed by atoms with E-state index in [0.29, 0.717) is 5.56 Å². The molecule has 1 amide bonds. The molecule has 6 nitrogen and oxygen atoms in total. The fourth-order valence-corrected chi connectivity index (χ4v) is 3.27. The summed E-state index contributed by atoms with van der Waals surface area (Å²) in [7, 11) is 0. The normalized spacial score (nSPS) is 11.2. The third-order valence-electron chi connectivity index (χ3n) is 4.85. The first-order valence-corrected chi connectivity index (χ1v) is 9.64. The van der Waals surface area contributed by atoms with E-state index in [4.69, 9.17) is 0 Å². The van der Waals surface area contributed by atoms with Crippen LogP contribution in [0.3, 0.4) is 0 Å². The van der Waals surface area contributed by atoms with Gasteiger partial charge in [-0.2, -0.15) is 13.2 Å². The van der Waals surface area contributed by atoms with Crippen LogP contribution in [0.5, 0.6) is 0 Å². The predicted molar refractivity (Wildman–Crippen MR) is 113 cm³/mol. The van der Waals surface area contributed by atoms with Gasteiger partial charge in [-0.05, 0) is 42.0 Å². The standard InChI is InChI=1S/C23H20F3N3O3/c1-2-12-28(22(30)18-8-10-20(11-9-18)29(31)32)16-21-7-4-13-27(21)15-17-5-3-6-19(14-17)23(24,25)26/h2-11,13-14H,1,12,15-16H2. The van der Waals surface area contributed by atoms with Crippen LogP contribution in [0.4, 0.5) is 18.9 Å². The van der Waals surface area contributed by atoms with E-state index in [-0.39, 0.29) is 36.8 Å². The van der Waals surface area contributed by atoms with Gasteiger partial charge >= 0.3 is 6.18 Å². The van der Waals surface area contributed by atoms with Crippen LogP contribution < -0.4 is 0 Å². The monoisotopic (exact) mass is 443 g/mol. The molecule has 3 rings (SSSR count). The number of hydrogen-bond donors (Lipinski definition) is 0. The fourth-order valence-electron chi connectivity index (χ4n) is 3.27. The molecule has 0 saturated carbocycles. The minimum atomic E-state index is -4.42. The second kappa shape index (κ2) is 9.51. The molecular formula is C23H20F3N3O3. The zero-order valence-electron chi connectivity index (χ0n) is 17.0. The number of carbonyl (C=O) groups is 1. The minimum absolute atomic E-state index is 0.119. The van der Waals surface area contributed by atoms with Crippen molar-refractivity contribution in [1.29, 1.82) is 0 Å². The van der Waals surface area contributed by atoms with E-state index in [9.17, 15) is 28.1 Å². The maximum absolute atomic E-state index is 13.0. The highest BCUT2D eigenvalue weighted by molar-refractivity contribution is 5.94. The molecule has 0 saturated heterocycles. The second-order valence-electron chi connectivity index (χ2n) is 7.10. The SMILES string of the molecule is C=CCN(Cc1cccn1Cc1cccc(C(F)(F)F)c1)C(=O)c1ccc([N+](=O)[O-])cc1. The molecule has 0 spiro atoms. The Kier molecular flexibility index (Phi) is 6.77. The van der Waals surface area contributed by atoms with Crippen LogP contribution in [0.1, 0.15) is 27.2 Å². The van der Waals surface area contributed by atoms with Crippen LogP contribution in [0.25, 0.3) is 0 Å². The Morgan fingerprint density at radius 3 is 2.47 bits per heavy atom. The molecule has 2 aromatic carbocycles. The smallest absolute Gasteiger partial charge is 0.345 e. The van der Waals surface area contributed by atoms with Gasteiger partial charge in [-0.15, -0.1) is 6.58 Å². The molecule has 0 unspecified atom stereocenters. The summed E-state index contributed by atoms with van der Waals surface area (Å²) in [5.74, 6) is -0.341. The van der Waals surface area contributed by atoms with Crippen LogP contribution in [0.2, 0.25) is 0 Å². The third kappa shape index (κ3) is 5.42. The number of rotatable bonds is 8. The van der Waals surface area contributed by atoms with Gasteiger partial charge in [-0.25, -0.2) is 0 Å². The van der Waals surface area contributed by atoms with Crippen molar-refractivity contribution < 1.29 is 22.9 Å². The Balaban J connectivity index is 1.80. The van der Waals surface area contributed by atoms with Gasteiger partial charge < -0.3 is 9.47 Å². The maximum atomic E-state index is 13.0. The van der Waals surface area contributed by atoms with Crippen LogP contribution in [-0.4, -0.2) is 26.8 Å². The van der Waals surface area contributed by atoms with E-state index < -0.39 is 16.7 Å². The third-order valence-corrected chi connectivity index (χ3v) is 4.85. The number of non-ortho nitro benzene ring substituents is 1.